The summed E-state index contributed by atoms with van der Waals surface area (Å²) in [5, 5.41) is 0.485. The minimum absolute atomic E-state index is 0.0915. The Morgan fingerprint density at radius 1 is 0.767 bits per heavy atom. The van der Waals surface area contributed by atoms with Crippen LogP contribution in [-0.2, 0) is 43.9 Å². The quantitative estimate of drug-likeness (QED) is 0.252. The summed E-state index contributed by atoms with van der Waals surface area (Å²) in [5.41, 5.74) is 0.0871. The van der Waals surface area contributed by atoms with E-state index in [9.17, 15) is 30.7 Å². The molecule has 0 spiro atoms. The third kappa shape index (κ3) is 7.01. The number of carbonyl (C=O) groups excluding carboxylic acids is 1. The van der Waals surface area contributed by atoms with E-state index < -0.39 is 25.7 Å². The normalized spacial score (nSPS) is 15.8. The molecule has 0 saturated heterocycles. The highest BCUT2D eigenvalue weighted by Gasteiger charge is 2.46. The van der Waals surface area contributed by atoms with Gasteiger partial charge in [-0.3, -0.25) is 13.9 Å². The van der Waals surface area contributed by atoms with Crippen LogP contribution >= 0.6 is 35.0 Å². The monoisotopic (exact) mass is 684 g/mol. The lowest BCUT2D eigenvalue weighted by atomic mass is 9.71. The second-order valence-electron chi connectivity index (χ2n) is 13.1. The molecule has 0 amide bonds. The molecule has 0 atom stereocenters. The van der Waals surface area contributed by atoms with Crippen LogP contribution in [0.3, 0.4) is 0 Å². The predicted molar refractivity (Wildman–Crippen MR) is 171 cm³/mol. The molecular formula is C31H34Cl2O7S3. The Kier molecular flexibility index (Phi) is 9.05. The van der Waals surface area contributed by atoms with Gasteiger partial charge >= 0.3 is 0 Å². The van der Waals surface area contributed by atoms with Gasteiger partial charge in [0.15, 0.2) is 5.78 Å². The van der Waals surface area contributed by atoms with E-state index in [1.54, 1.807) is 30.3 Å². The summed E-state index contributed by atoms with van der Waals surface area (Å²) in [5.74, 6) is -0.293. The van der Waals surface area contributed by atoms with Gasteiger partial charge in [-0.25, -0.2) is 0 Å². The number of fused-ring (bicyclic) bond motifs is 1. The molecule has 2 N–H and O–H groups in total. The number of hydrogen-bond acceptors (Lipinski definition) is 6. The lowest BCUT2D eigenvalue weighted by Gasteiger charge is -2.38. The van der Waals surface area contributed by atoms with Crippen molar-refractivity contribution >= 4 is 61.0 Å². The van der Waals surface area contributed by atoms with Gasteiger partial charge in [-0.05, 0) is 70.2 Å². The Bertz CT molecular complexity index is 1740. The smallest absolute Gasteiger partial charge is 0.293 e. The summed E-state index contributed by atoms with van der Waals surface area (Å²) in [7, 11) is -9.37. The second-order valence-corrected chi connectivity index (χ2v) is 17.6. The zero-order valence-electron chi connectivity index (χ0n) is 24.7. The third-order valence-corrected chi connectivity index (χ3v) is 12.0. The van der Waals surface area contributed by atoms with Crippen LogP contribution in [0.25, 0.3) is 0 Å². The molecule has 0 aliphatic carbocycles. The topological polar surface area (TPSA) is 126 Å². The molecule has 0 aromatic heterocycles. The SMILES string of the molecule is CC(C)(C)c1ccc(S(=O)(=O)O)c(CC2(Cc3cc(C(C)(C)C)ccc3S(=O)(=O)O)CSc3c(ccc(Cl)c3Cl)C2=O)c1. The number of ketones is 1. The molecule has 0 saturated carbocycles. The van der Waals surface area contributed by atoms with Gasteiger partial charge in [-0.15, -0.1) is 11.8 Å². The highest BCUT2D eigenvalue weighted by Crippen LogP contribution is 2.49. The van der Waals surface area contributed by atoms with Crippen molar-refractivity contribution in [2.24, 2.45) is 5.41 Å². The molecule has 3 aromatic rings. The third-order valence-electron chi connectivity index (χ3n) is 7.74. The molecule has 12 heteroatoms. The zero-order chi connectivity index (χ0) is 32.3. The van der Waals surface area contributed by atoms with Crippen LogP contribution < -0.4 is 0 Å². The van der Waals surface area contributed by atoms with E-state index in [-0.39, 0.29) is 71.7 Å². The molecule has 1 aliphatic heterocycles. The van der Waals surface area contributed by atoms with Crippen LogP contribution in [0, 0.1) is 5.41 Å². The molecule has 232 valence electrons. The average molecular weight is 686 g/mol. The number of carbonyl (C=O) groups is 1. The Labute approximate surface area is 267 Å². The van der Waals surface area contributed by atoms with E-state index in [1.807, 2.05) is 41.5 Å². The fourth-order valence-electron chi connectivity index (χ4n) is 5.34. The maximum atomic E-state index is 14.6. The summed E-state index contributed by atoms with van der Waals surface area (Å²) in [4.78, 5) is 14.4. The number of halogens is 2. The maximum absolute atomic E-state index is 14.6. The minimum Gasteiger partial charge on any atom is -0.293 e. The number of Topliss-reactive ketones (excluding diaryl/α,β-unsaturated/α-hetero) is 1. The summed E-state index contributed by atoms with van der Waals surface area (Å²) in [6.07, 6.45) is -0.301. The number of hydrogen-bond donors (Lipinski definition) is 2. The lowest BCUT2D eigenvalue weighted by molar-refractivity contribution is 0.0810. The minimum atomic E-state index is -4.69. The van der Waals surface area contributed by atoms with E-state index in [2.05, 4.69) is 0 Å². The van der Waals surface area contributed by atoms with Gasteiger partial charge in [-0.2, -0.15) is 16.8 Å². The van der Waals surface area contributed by atoms with E-state index in [4.69, 9.17) is 23.2 Å². The van der Waals surface area contributed by atoms with Crippen LogP contribution in [0.2, 0.25) is 10.0 Å². The van der Waals surface area contributed by atoms with Gasteiger partial charge in [0.05, 0.1) is 25.3 Å². The largest absolute Gasteiger partial charge is 0.294 e. The fraction of sp³-hybridized carbons (Fsp3) is 0.387. The Morgan fingerprint density at radius 2 is 1.21 bits per heavy atom. The van der Waals surface area contributed by atoms with Crippen molar-refractivity contribution in [2.75, 3.05) is 5.75 Å². The summed E-state index contributed by atoms with van der Waals surface area (Å²) in [6.45, 7) is 11.7. The molecule has 43 heavy (non-hydrogen) atoms. The highest BCUT2D eigenvalue weighted by atomic mass is 35.5. The van der Waals surface area contributed by atoms with E-state index in [0.717, 1.165) is 11.1 Å². The van der Waals surface area contributed by atoms with Crippen LogP contribution in [-0.4, -0.2) is 37.5 Å². The zero-order valence-corrected chi connectivity index (χ0v) is 28.6. The second kappa shape index (κ2) is 11.5. The fourth-order valence-corrected chi connectivity index (χ4v) is 8.59. The molecule has 0 unspecified atom stereocenters. The van der Waals surface area contributed by atoms with Crippen molar-refractivity contribution in [1.29, 1.82) is 0 Å². The van der Waals surface area contributed by atoms with Gasteiger partial charge in [-0.1, -0.05) is 89.0 Å². The molecule has 0 fully saturated rings. The summed E-state index contributed by atoms with van der Waals surface area (Å²) < 4.78 is 70.5. The summed E-state index contributed by atoms with van der Waals surface area (Å²) in [6, 6.07) is 12.3. The first-order valence-electron chi connectivity index (χ1n) is 13.4. The van der Waals surface area contributed by atoms with Crippen LogP contribution in [0.1, 0.15) is 74.2 Å². The predicted octanol–water partition coefficient (Wildman–Crippen LogP) is 7.84. The number of rotatable bonds is 6. The first kappa shape index (κ1) is 34.0. The molecule has 1 aliphatic rings. The maximum Gasteiger partial charge on any atom is 0.294 e. The van der Waals surface area contributed by atoms with Gasteiger partial charge in [0, 0.05) is 16.2 Å². The standard InChI is InChI=1S/C31H34Cl2O7S3/c1-29(2,3)20-7-11-24(42(35,36)37)18(13-20)15-31(17-41-27-22(28(31)34)9-10-23(32)26(27)33)16-19-14-21(30(4,5)6)8-12-25(19)43(38,39)40/h7-14H,15-17H2,1-6H3,(H,35,36,37)(H,38,39,40). The Morgan fingerprint density at radius 3 is 1.60 bits per heavy atom. The first-order chi connectivity index (χ1) is 19.5. The molecule has 0 radical (unpaired) electrons. The lowest BCUT2D eigenvalue weighted by Crippen LogP contribution is -2.42. The van der Waals surface area contributed by atoms with Crippen molar-refractivity contribution in [1.82, 2.24) is 0 Å². The van der Waals surface area contributed by atoms with E-state index >= 15 is 0 Å². The van der Waals surface area contributed by atoms with Crippen molar-refractivity contribution < 1.29 is 30.7 Å². The highest BCUT2D eigenvalue weighted by molar-refractivity contribution is 7.99. The van der Waals surface area contributed by atoms with Crippen molar-refractivity contribution in [3.8, 4) is 0 Å². The number of thioether (sulfide) groups is 1. The molecule has 3 aromatic carbocycles. The Balaban J connectivity index is 2.02. The average Bonchev–Trinajstić information content (AvgIpc) is 2.86. The van der Waals surface area contributed by atoms with E-state index in [0.29, 0.717) is 4.90 Å². The molecular weight excluding hydrogens is 651 g/mol. The van der Waals surface area contributed by atoms with Gasteiger partial charge in [0.25, 0.3) is 20.2 Å². The van der Waals surface area contributed by atoms with Gasteiger partial charge in [0.1, 0.15) is 0 Å². The Hall–Kier alpha value is -1.92. The summed E-state index contributed by atoms with van der Waals surface area (Å²) >= 11 is 14.0. The number of benzene rings is 3. The van der Waals surface area contributed by atoms with Crippen LogP contribution in [0.4, 0.5) is 0 Å². The molecule has 4 rings (SSSR count). The van der Waals surface area contributed by atoms with Crippen molar-refractivity contribution in [2.45, 2.75) is 79.9 Å². The van der Waals surface area contributed by atoms with Gasteiger partial charge in [0.2, 0.25) is 0 Å². The molecule has 0 bridgehead atoms. The van der Waals surface area contributed by atoms with Crippen molar-refractivity contribution in [3.63, 3.8) is 0 Å². The van der Waals surface area contributed by atoms with Gasteiger partial charge < -0.3 is 0 Å². The van der Waals surface area contributed by atoms with Crippen molar-refractivity contribution in [3.05, 3.63) is 86.4 Å². The molecule has 1 heterocycles. The van der Waals surface area contributed by atoms with Crippen LogP contribution in [0.5, 0.6) is 0 Å². The molecule has 7 nitrogen and oxygen atoms in total. The van der Waals surface area contributed by atoms with E-state index in [1.165, 1.54) is 30.0 Å². The first-order valence-corrected chi connectivity index (χ1v) is 18.0. The van der Waals surface area contributed by atoms with Crippen LogP contribution in [0.15, 0.2) is 63.2 Å².